The number of aryl methyl sites for hydroxylation is 1. The van der Waals surface area contributed by atoms with Crippen molar-refractivity contribution < 1.29 is 4.79 Å². The van der Waals surface area contributed by atoms with E-state index in [-0.39, 0.29) is 5.82 Å². The van der Waals surface area contributed by atoms with Gasteiger partial charge in [0.2, 0.25) is 5.82 Å². The van der Waals surface area contributed by atoms with E-state index in [0.29, 0.717) is 16.4 Å². The molecule has 3 rings (SSSR count). The van der Waals surface area contributed by atoms with E-state index in [1.165, 1.54) is 13.1 Å². The first-order valence-electron chi connectivity index (χ1n) is 8.46. The van der Waals surface area contributed by atoms with E-state index in [0.717, 1.165) is 5.69 Å². The van der Waals surface area contributed by atoms with E-state index < -0.39 is 23.2 Å². The highest BCUT2D eigenvalue weighted by atomic mass is 35.5. The minimum atomic E-state index is -0.852. The molecule has 0 spiro atoms. The van der Waals surface area contributed by atoms with Gasteiger partial charge in [-0.1, -0.05) is 29.8 Å². The molecule has 0 radical (unpaired) electrons. The predicted molar refractivity (Wildman–Crippen MR) is 108 cm³/mol. The van der Waals surface area contributed by atoms with Gasteiger partial charge in [0, 0.05) is 0 Å². The summed E-state index contributed by atoms with van der Waals surface area (Å²) in [5.74, 6) is -0.725. The number of anilines is 1. The number of rotatable bonds is 6. The highest BCUT2D eigenvalue weighted by Gasteiger charge is 2.16. The van der Waals surface area contributed by atoms with Crippen LogP contribution in [0.1, 0.15) is 18.2 Å². The smallest absolute Gasteiger partial charge is 0.342 e. The van der Waals surface area contributed by atoms with Crippen LogP contribution in [-0.4, -0.2) is 43.1 Å². The molecule has 3 aromatic rings. The Labute approximate surface area is 168 Å². The number of hydrogen-bond acceptors (Lipinski definition) is 7. The van der Waals surface area contributed by atoms with E-state index in [1.54, 1.807) is 11.6 Å². The molecule has 0 bridgehead atoms. The van der Waals surface area contributed by atoms with E-state index >= 15 is 0 Å². The third-order valence-corrected chi connectivity index (χ3v) is 4.24. The zero-order valence-corrected chi connectivity index (χ0v) is 16.2. The Kier molecular flexibility index (Phi) is 5.88. The van der Waals surface area contributed by atoms with Crippen molar-refractivity contribution in [2.45, 2.75) is 19.9 Å². The first-order valence-corrected chi connectivity index (χ1v) is 8.83. The van der Waals surface area contributed by atoms with Crippen LogP contribution in [0, 0.1) is 6.92 Å². The van der Waals surface area contributed by atoms with Crippen molar-refractivity contribution in [1.82, 2.24) is 30.4 Å². The number of nitrogens with one attached hydrogen (secondary N) is 4. The summed E-state index contributed by atoms with van der Waals surface area (Å²) >= 11 is 6.39. The number of hydrogen-bond donors (Lipinski definition) is 4. The van der Waals surface area contributed by atoms with E-state index in [9.17, 15) is 14.4 Å². The molecule has 1 amide bonds. The summed E-state index contributed by atoms with van der Waals surface area (Å²) in [4.78, 5) is 36.7. The lowest BCUT2D eigenvalue weighted by molar-refractivity contribution is -0.121. The molecule has 0 aliphatic heterocycles. The van der Waals surface area contributed by atoms with Crippen LogP contribution in [0.4, 0.5) is 5.82 Å². The van der Waals surface area contributed by atoms with Crippen molar-refractivity contribution in [3.8, 4) is 5.69 Å². The third kappa shape index (κ3) is 4.58. The van der Waals surface area contributed by atoms with Gasteiger partial charge in [0.25, 0.3) is 11.5 Å². The molecule has 0 fully saturated rings. The summed E-state index contributed by atoms with van der Waals surface area (Å²) in [6, 6.07) is 8.50. The maximum Gasteiger partial charge on any atom is 0.342 e. The highest BCUT2D eigenvalue weighted by Crippen LogP contribution is 2.21. The van der Waals surface area contributed by atoms with E-state index in [1.807, 2.05) is 35.3 Å². The van der Waals surface area contributed by atoms with Gasteiger partial charge in [-0.3, -0.25) is 14.6 Å². The second-order valence-electron chi connectivity index (χ2n) is 5.99. The fourth-order valence-electron chi connectivity index (χ4n) is 2.37. The van der Waals surface area contributed by atoms with Gasteiger partial charge in [0.15, 0.2) is 0 Å². The van der Waals surface area contributed by atoms with Crippen molar-refractivity contribution in [3.05, 3.63) is 67.6 Å². The Morgan fingerprint density at radius 1 is 1.31 bits per heavy atom. The molecule has 4 N–H and O–H groups in total. The molecule has 29 heavy (non-hydrogen) atoms. The molecule has 2 heterocycles. The van der Waals surface area contributed by atoms with Crippen molar-refractivity contribution in [3.63, 3.8) is 0 Å². The molecular formula is C17H17ClN8O3. The van der Waals surface area contributed by atoms with Crippen LogP contribution in [0.2, 0.25) is 5.15 Å². The summed E-state index contributed by atoms with van der Waals surface area (Å²) in [5, 5.41) is 16.8. The van der Waals surface area contributed by atoms with Crippen LogP contribution in [0.3, 0.4) is 0 Å². The van der Waals surface area contributed by atoms with Gasteiger partial charge in [0.1, 0.15) is 11.2 Å². The zero-order valence-electron chi connectivity index (χ0n) is 15.4. The van der Waals surface area contributed by atoms with Crippen molar-refractivity contribution in [2.24, 2.45) is 5.10 Å². The minimum Gasteiger partial charge on any atom is -0.353 e. The predicted octanol–water partition coefficient (Wildman–Crippen LogP) is 0.556. The molecule has 0 saturated carbocycles. The van der Waals surface area contributed by atoms with Gasteiger partial charge >= 0.3 is 5.69 Å². The fraction of sp³-hybridized carbons (Fsp3) is 0.176. The van der Waals surface area contributed by atoms with Gasteiger partial charge < -0.3 is 5.32 Å². The Balaban J connectivity index is 1.68. The van der Waals surface area contributed by atoms with Crippen LogP contribution in [0.5, 0.6) is 0 Å². The normalized spacial score (nSPS) is 12.1. The first-order chi connectivity index (χ1) is 13.9. The SMILES string of the molecule is Cc1nn(-c2ccccc2)c(Cl)c1/C=N\NC(=O)[C@@H](C)Nc1n[nH]c(=O)[nH]c1=O. The van der Waals surface area contributed by atoms with Crippen molar-refractivity contribution in [2.75, 3.05) is 5.32 Å². The fourth-order valence-corrected chi connectivity index (χ4v) is 2.69. The first kappa shape index (κ1) is 20.0. The largest absolute Gasteiger partial charge is 0.353 e. The molecular weight excluding hydrogens is 400 g/mol. The van der Waals surface area contributed by atoms with Gasteiger partial charge in [0.05, 0.1) is 23.2 Å². The number of para-hydroxylation sites is 1. The average Bonchev–Trinajstić information content (AvgIpc) is 2.98. The summed E-state index contributed by atoms with van der Waals surface area (Å²) in [5.41, 5.74) is 2.83. The lowest BCUT2D eigenvalue weighted by atomic mass is 10.3. The van der Waals surface area contributed by atoms with Gasteiger partial charge in [-0.05, 0) is 26.0 Å². The molecule has 11 nitrogen and oxygen atoms in total. The lowest BCUT2D eigenvalue weighted by Gasteiger charge is -2.11. The minimum absolute atomic E-state index is 0.195. The van der Waals surface area contributed by atoms with E-state index in [2.05, 4.69) is 31.1 Å². The number of H-pyrrole nitrogens is 2. The topological polar surface area (TPSA) is 150 Å². The molecule has 150 valence electrons. The molecule has 0 saturated heterocycles. The Morgan fingerprint density at radius 3 is 2.72 bits per heavy atom. The van der Waals surface area contributed by atoms with Gasteiger partial charge in [-0.2, -0.15) is 10.2 Å². The van der Waals surface area contributed by atoms with Crippen LogP contribution in [-0.2, 0) is 4.79 Å². The zero-order chi connectivity index (χ0) is 21.0. The molecule has 1 atom stereocenters. The summed E-state index contributed by atoms with van der Waals surface area (Å²) in [6.07, 6.45) is 1.39. The number of aromatic nitrogens is 5. The quantitative estimate of drug-likeness (QED) is 0.340. The third-order valence-electron chi connectivity index (χ3n) is 3.88. The number of benzene rings is 1. The van der Waals surface area contributed by atoms with Crippen molar-refractivity contribution >= 4 is 29.5 Å². The van der Waals surface area contributed by atoms with Crippen LogP contribution < -0.4 is 22.0 Å². The second kappa shape index (κ2) is 8.52. The number of hydrazone groups is 1. The number of carbonyl (C=O) groups is 1. The Bertz CT molecular complexity index is 1170. The highest BCUT2D eigenvalue weighted by molar-refractivity contribution is 6.32. The number of amides is 1. The average molecular weight is 417 g/mol. The maximum absolute atomic E-state index is 12.2. The second-order valence-corrected chi connectivity index (χ2v) is 6.35. The Hall–Kier alpha value is -3.73. The summed E-state index contributed by atoms with van der Waals surface area (Å²) < 4.78 is 1.57. The molecule has 0 aliphatic carbocycles. The standard InChI is InChI=1S/C17H17ClN8O3/c1-9-12(13(18)26(25-9)11-6-4-3-5-7-11)8-19-23-15(27)10(2)20-14-16(28)21-17(29)24-22-14/h3-8,10H,1-2H3,(H,20,22)(H,23,27)(H2,21,24,28,29)/b19-8-/t10-/m1/s1. The Morgan fingerprint density at radius 2 is 2.03 bits per heavy atom. The number of nitrogens with zero attached hydrogens (tertiary/aromatic N) is 4. The van der Waals surface area contributed by atoms with Gasteiger partial charge in [-0.25, -0.2) is 20.0 Å². The van der Waals surface area contributed by atoms with Crippen LogP contribution in [0.25, 0.3) is 5.69 Å². The summed E-state index contributed by atoms with van der Waals surface area (Å²) in [6.45, 7) is 3.27. The van der Waals surface area contributed by atoms with Crippen molar-refractivity contribution in [1.29, 1.82) is 0 Å². The number of aromatic amines is 2. The molecule has 12 heteroatoms. The summed E-state index contributed by atoms with van der Waals surface area (Å²) in [7, 11) is 0. The number of halogens is 1. The molecule has 0 unspecified atom stereocenters. The molecule has 1 aromatic carbocycles. The van der Waals surface area contributed by atoms with Crippen LogP contribution in [0.15, 0.2) is 45.0 Å². The molecule has 2 aromatic heterocycles. The lowest BCUT2D eigenvalue weighted by Crippen LogP contribution is -2.38. The molecule has 0 aliphatic rings. The van der Waals surface area contributed by atoms with Crippen LogP contribution >= 0.6 is 11.6 Å². The monoisotopic (exact) mass is 416 g/mol. The van der Waals surface area contributed by atoms with Gasteiger partial charge in [-0.15, -0.1) is 5.10 Å². The maximum atomic E-state index is 12.2. The number of carbonyl (C=O) groups excluding carboxylic acids is 1. The van der Waals surface area contributed by atoms with E-state index in [4.69, 9.17) is 11.6 Å².